The smallest absolute Gasteiger partial charge is 0.308 e. The third-order valence-electron chi connectivity index (χ3n) is 4.21. The van der Waals surface area contributed by atoms with Gasteiger partial charge in [-0.05, 0) is 31.0 Å². The molecule has 2 rings (SSSR count). The van der Waals surface area contributed by atoms with Crippen LogP contribution in [0, 0.1) is 12.3 Å². The van der Waals surface area contributed by atoms with Crippen molar-refractivity contribution in [3.8, 4) is 12.3 Å². The Kier molecular flexibility index (Phi) is 7.52. The van der Waals surface area contributed by atoms with Gasteiger partial charge < -0.3 is 14.5 Å². The van der Waals surface area contributed by atoms with Crippen LogP contribution in [0.25, 0.3) is 0 Å². The Morgan fingerprint density at radius 1 is 1.37 bits per heavy atom. The number of nitrogens with zero attached hydrogens (tertiary/aromatic N) is 2. The predicted octanol–water partition coefficient (Wildman–Crippen LogP) is 2.16. The van der Waals surface area contributed by atoms with Crippen molar-refractivity contribution in [2.45, 2.75) is 25.8 Å². The molecule has 0 radical (unpaired) electrons. The number of terminal acetylenes is 1. The summed E-state index contributed by atoms with van der Waals surface area (Å²) < 4.78 is 4.92. The normalized spacial score (nSPS) is 17.0. The molecule has 2 amide bonds. The zero-order valence-electron chi connectivity index (χ0n) is 14.9. The molecule has 1 unspecified atom stereocenters. The average Bonchev–Trinajstić information content (AvgIpc) is 2.61. The molecule has 0 saturated carbocycles. The zero-order chi connectivity index (χ0) is 20.0. The maximum absolute atomic E-state index is 12.9. The number of ether oxygens (including phenoxy) is 1. The van der Waals surface area contributed by atoms with Crippen LogP contribution in [0.5, 0.6) is 0 Å². The van der Waals surface area contributed by atoms with Gasteiger partial charge in [-0.2, -0.15) is 0 Å². The van der Waals surface area contributed by atoms with Crippen molar-refractivity contribution >= 4 is 41.0 Å². The van der Waals surface area contributed by atoms with E-state index < -0.39 is 12.0 Å². The first-order valence-electron chi connectivity index (χ1n) is 8.48. The van der Waals surface area contributed by atoms with Gasteiger partial charge in [0.25, 0.3) is 0 Å². The van der Waals surface area contributed by atoms with Crippen LogP contribution in [-0.2, 0) is 25.5 Å². The van der Waals surface area contributed by atoms with Crippen LogP contribution >= 0.6 is 23.2 Å². The van der Waals surface area contributed by atoms with E-state index in [1.807, 2.05) is 0 Å². The molecule has 0 bridgehead atoms. The Hall–Kier alpha value is -2.23. The SMILES string of the molecule is C#CCN1C(=O)CN(CCc2ccc(Cl)cc2Cl)C(=O)C1CC(=O)OCC. The summed E-state index contributed by atoms with van der Waals surface area (Å²) in [6.07, 6.45) is 5.54. The van der Waals surface area contributed by atoms with E-state index in [0.717, 1.165) is 5.56 Å². The Morgan fingerprint density at radius 3 is 2.74 bits per heavy atom. The van der Waals surface area contributed by atoms with E-state index in [2.05, 4.69) is 5.92 Å². The number of halogens is 2. The van der Waals surface area contributed by atoms with E-state index in [0.29, 0.717) is 16.5 Å². The van der Waals surface area contributed by atoms with E-state index in [9.17, 15) is 14.4 Å². The van der Waals surface area contributed by atoms with Crippen LogP contribution in [-0.4, -0.2) is 59.9 Å². The largest absolute Gasteiger partial charge is 0.466 e. The van der Waals surface area contributed by atoms with E-state index in [1.54, 1.807) is 25.1 Å². The van der Waals surface area contributed by atoms with E-state index in [-0.39, 0.29) is 44.5 Å². The van der Waals surface area contributed by atoms with Crippen molar-refractivity contribution in [2.75, 3.05) is 26.2 Å². The Bertz CT molecular complexity index is 775. The van der Waals surface area contributed by atoms with Gasteiger partial charge in [0.05, 0.1) is 26.1 Å². The molecule has 0 aliphatic carbocycles. The second-order valence-corrected chi connectivity index (χ2v) is 6.84. The minimum Gasteiger partial charge on any atom is -0.466 e. The van der Waals surface area contributed by atoms with Crippen molar-refractivity contribution in [2.24, 2.45) is 0 Å². The van der Waals surface area contributed by atoms with Crippen molar-refractivity contribution < 1.29 is 19.1 Å². The van der Waals surface area contributed by atoms with Crippen molar-refractivity contribution in [3.05, 3.63) is 33.8 Å². The maximum Gasteiger partial charge on any atom is 0.308 e. The quantitative estimate of drug-likeness (QED) is 0.510. The second kappa shape index (κ2) is 9.63. The lowest BCUT2D eigenvalue weighted by atomic mass is 10.1. The first-order chi connectivity index (χ1) is 12.9. The molecule has 1 fully saturated rings. The fraction of sp³-hybridized carbons (Fsp3) is 0.421. The van der Waals surface area contributed by atoms with Gasteiger partial charge in [-0.3, -0.25) is 14.4 Å². The predicted molar refractivity (Wildman–Crippen MR) is 102 cm³/mol. The molecule has 1 atom stereocenters. The lowest BCUT2D eigenvalue weighted by Crippen LogP contribution is -2.60. The second-order valence-electron chi connectivity index (χ2n) is 6.00. The third kappa shape index (κ3) is 5.38. The molecule has 1 aliphatic rings. The summed E-state index contributed by atoms with van der Waals surface area (Å²) >= 11 is 12.1. The number of amides is 2. The molecule has 0 N–H and O–H groups in total. The van der Waals surface area contributed by atoms with Crippen LogP contribution < -0.4 is 0 Å². The van der Waals surface area contributed by atoms with Gasteiger partial charge in [-0.15, -0.1) is 6.42 Å². The molecule has 0 aromatic heterocycles. The van der Waals surface area contributed by atoms with Crippen LogP contribution in [0.3, 0.4) is 0 Å². The lowest BCUT2D eigenvalue weighted by Gasteiger charge is -2.39. The molecule has 0 spiro atoms. The number of hydrogen-bond acceptors (Lipinski definition) is 4. The Labute approximate surface area is 168 Å². The summed E-state index contributed by atoms with van der Waals surface area (Å²) in [6.45, 7) is 2.03. The number of benzene rings is 1. The van der Waals surface area contributed by atoms with Gasteiger partial charge in [0.15, 0.2) is 0 Å². The minimum absolute atomic E-state index is 0.0362. The number of carbonyl (C=O) groups excluding carboxylic acids is 3. The highest BCUT2D eigenvalue weighted by Crippen LogP contribution is 2.23. The van der Waals surface area contributed by atoms with Crippen LogP contribution in [0.1, 0.15) is 18.9 Å². The summed E-state index contributed by atoms with van der Waals surface area (Å²) in [6, 6.07) is 4.16. The van der Waals surface area contributed by atoms with Gasteiger partial charge in [0.1, 0.15) is 6.04 Å². The topological polar surface area (TPSA) is 66.9 Å². The fourth-order valence-electron chi connectivity index (χ4n) is 2.89. The first kappa shape index (κ1) is 21.1. The molecular formula is C19H20Cl2N2O4. The van der Waals surface area contributed by atoms with Gasteiger partial charge in [0.2, 0.25) is 11.8 Å². The minimum atomic E-state index is -0.956. The van der Waals surface area contributed by atoms with Crippen molar-refractivity contribution in [1.82, 2.24) is 9.80 Å². The highest BCUT2D eigenvalue weighted by molar-refractivity contribution is 6.35. The summed E-state index contributed by atoms with van der Waals surface area (Å²) in [5, 5.41) is 1.02. The molecule has 1 aliphatic heterocycles. The van der Waals surface area contributed by atoms with Crippen molar-refractivity contribution in [1.29, 1.82) is 0 Å². The number of rotatable bonds is 7. The number of carbonyl (C=O) groups is 3. The highest BCUT2D eigenvalue weighted by atomic mass is 35.5. The van der Waals surface area contributed by atoms with Gasteiger partial charge in [-0.25, -0.2) is 0 Å². The molecule has 144 valence electrons. The van der Waals surface area contributed by atoms with Gasteiger partial charge >= 0.3 is 5.97 Å². The Balaban J connectivity index is 2.13. The number of hydrogen-bond donors (Lipinski definition) is 0. The molecule has 6 nitrogen and oxygen atoms in total. The molecule has 1 aromatic carbocycles. The first-order valence-corrected chi connectivity index (χ1v) is 9.24. The lowest BCUT2D eigenvalue weighted by molar-refractivity contribution is -0.159. The Morgan fingerprint density at radius 2 is 2.11 bits per heavy atom. The monoisotopic (exact) mass is 410 g/mol. The summed E-state index contributed by atoms with van der Waals surface area (Å²) in [4.78, 5) is 39.9. The number of piperazine rings is 1. The van der Waals surface area contributed by atoms with Crippen molar-refractivity contribution in [3.63, 3.8) is 0 Å². The molecule has 1 saturated heterocycles. The van der Waals surface area contributed by atoms with Gasteiger partial charge in [-0.1, -0.05) is 35.2 Å². The van der Waals surface area contributed by atoms with E-state index in [1.165, 1.54) is 9.80 Å². The molecule has 8 heteroatoms. The molecule has 27 heavy (non-hydrogen) atoms. The summed E-state index contributed by atoms with van der Waals surface area (Å²) in [5.74, 6) is 1.18. The van der Waals surface area contributed by atoms with Crippen LogP contribution in [0.4, 0.5) is 0 Å². The standard InChI is InChI=1S/C19H20Cl2N2O4/c1-3-8-23-16(11-18(25)27-4-2)19(26)22(12-17(23)24)9-7-13-5-6-14(20)10-15(13)21/h1,5-6,10,16H,4,7-9,11-12H2,2H3. The van der Waals surface area contributed by atoms with Crippen LogP contribution in [0.15, 0.2) is 18.2 Å². The van der Waals surface area contributed by atoms with E-state index in [4.69, 9.17) is 34.4 Å². The summed E-state index contributed by atoms with van der Waals surface area (Å²) in [7, 11) is 0. The van der Waals surface area contributed by atoms with Gasteiger partial charge in [0, 0.05) is 16.6 Å². The maximum atomic E-state index is 12.9. The van der Waals surface area contributed by atoms with Crippen LogP contribution in [0.2, 0.25) is 10.0 Å². The average molecular weight is 411 g/mol. The zero-order valence-corrected chi connectivity index (χ0v) is 16.4. The molecule has 1 aromatic rings. The third-order valence-corrected chi connectivity index (χ3v) is 4.80. The molecule has 1 heterocycles. The fourth-order valence-corrected chi connectivity index (χ4v) is 3.39. The summed E-state index contributed by atoms with van der Waals surface area (Å²) in [5.41, 5.74) is 0.814. The van der Waals surface area contributed by atoms with E-state index >= 15 is 0 Å². The highest BCUT2D eigenvalue weighted by Gasteiger charge is 2.40. The number of esters is 1. The molecular weight excluding hydrogens is 391 g/mol.